The monoisotopic (exact) mass is 316 g/mol. The zero-order valence-corrected chi connectivity index (χ0v) is 14.9. The van der Waals surface area contributed by atoms with Crippen LogP contribution in [0, 0.1) is 10.8 Å². The Hall–Kier alpha value is -1.55. The molecule has 0 atom stereocenters. The lowest BCUT2D eigenvalue weighted by molar-refractivity contribution is -0.170. The molecule has 2 fully saturated rings. The van der Waals surface area contributed by atoms with Gasteiger partial charge in [0.1, 0.15) is 11.5 Å². The molecular formula is C19H28N2O2. The van der Waals surface area contributed by atoms with E-state index in [1.54, 1.807) is 7.11 Å². The highest BCUT2D eigenvalue weighted by molar-refractivity contribution is 5.97. The molecule has 1 heterocycles. The van der Waals surface area contributed by atoms with E-state index in [2.05, 4.69) is 49.6 Å². The average Bonchev–Trinajstić information content (AvgIpc) is 2.54. The molecule has 1 aliphatic carbocycles. The van der Waals surface area contributed by atoms with Crippen molar-refractivity contribution < 1.29 is 9.53 Å². The number of anilines is 1. The van der Waals surface area contributed by atoms with Crippen molar-refractivity contribution in [2.45, 2.75) is 33.7 Å². The van der Waals surface area contributed by atoms with Gasteiger partial charge in [-0.25, -0.2) is 0 Å². The number of carbonyl (C=O) groups is 1. The summed E-state index contributed by atoms with van der Waals surface area (Å²) in [6.45, 7) is 12.4. The first-order valence-corrected chi connectivity index (χ1v) is 8.46. The highest BCUT2D eigenvalue weighted by Crippen LogP contribution is 2.53. The van der Waals surface area contributed by atoms with Crippen LogP contribution in [0.15, 0.2) is 24.3 Å². The number of nitrogens with zero attached hydrogens (tertiary/aromatic N) is 2. The van der Waals surface area contributed by atoms with Gasteiger partial charge < -0.3 is 9.64 Å². The van der Waals surface area contributed by atoms with E-state index in [0.29, 0.717) is 11.8 Å². The van der Waals surface area contributed by atoms with Gasteiger partial charge in [-0.3, -0.25) is 9.69 Å². The van der Waals surface area contributed by atoms with Crippen LogP contribution in [0.4, 0.5) is 5.69 Å². The van der Waals surface area contributed by atoms with Gasteiger partial charge >= 0.3 is 0 Å². The molecule has 1 saturated carbocycles. The van der Waals surface area contributed by atoms with E-state index >= 15 is 0 Å². The average molecular weight is 316 g/mol. The van der Waals surface area contributed by atoms with Crippen LogP contribution in [0.25, 0.3) is 0 Å². The molecular weight excluding hydrogens is 288 g/mol. The standard InChI is InChI=1S/C19H28N2O2/c1-18(2)16(19(3,4)17(18)22)21-12-10-20(11-13-21)14-6-8-15(23-5)9-7-14/h6-9,16H,10-13H2,1-5H3. The lowest BCUT2D eigenvalue weighted by atomic mass is 9.50. The fraction of sp³-hybridized carbons (Fsp3) is 0.632. The van der Waals surface area contributed by atoms with Gasteiger partial charge in [0.05, 0.1) is 7.11 Å². The van der Waals surface area contributed by atoms with E-state index in [0.717, 1.165) is 31.9 Å². The van der Waals surface area contributed by atoms with Crippen LogP contribution >= 0.6 is 0 Å². The molecule has 23 heavy (non-hydrogen) atoms. The number of carbonyl (C=O) groups excluding carboxylic acids is 1. The first-order valence-electron chi connectivity index (χ1n) is 8.46. The van der Waals surface area contributed by atoms with Crippen LogP contribution < -0.4 is 9.64 Å². The first-order chi connectivity index (χ1) is 10.8. The lowest BCUT2D eigenvalue weighted by Crippen LogP contribution is -2.72. The summed E-state index contributed by atoms with van der Waals surface area (Å²) in [6.07, 6.45) is 0. The molecule has 1 aliphatic heterocycles. The SMILES string of the molecule is COc1ccc(N2CCN(C3C(C)(C)C(=O)C3(C)C)CC2)cc1. The van der Waals surface area contributed by atoms with Crippen molar-refractivity contribution in [1.29, 1.82) is 0 Å². The van der Waals surface area contributed by atoms with Crippen molar-refractivity contribution >= 4 is 11.5 Å². The highest BCUT2D eigenvalue weighted by Gasteiger charge is 2.63. The zero-order chi connectivity index (χ0) is 16.8. The Kier molecular flexibility index (Phi) is 3.91. The van der Waals surface area contributed by atoms with Gasteiger partial charge in [-0.2, -0.15) is 0 Å². The maximum atomic E-state index is 12.4. The molecule has 0 radical (unpaired) electrons. The smallest absolute Gasteiger partial charge is 0.147 e. The molecule has 0 unspecified atom stereocenters. The quantitative estimate of drug-likeness (QED) is 0.858. The third kappa shape index (κ3) is 2.53. The zero-order valence-electron chi connectivity index (χ0n) is 14.9. The molecule has 0 N–H and O–H groups in total. The fourth-order valence-corrected chi connectivity index (χ4v) is 4.85. The Balaban J connectivity index is 1.65. The molecule has 126 valence electrons. The maximum absolute atomic E-state index is 12.4. The first kappa shape index (κ1) is 16.3. The summed E-state index contributed by atoms with van der Waals surface area (Å²) in [7, 11) is 1.69. The summed E-state index contributed by atoms with van der Waals surface area (Å²) in [5.74, 6) is 1.29. The van der Waals surface area contributed by atoms with E-state index in [4.69, 9.17) is 4.74 Å². The van der Waals surface area contributed by atoms with Crippen molar-refractivity contribution in [3.8, 4) is 5.75 Å². The second-order valence-corrected chi connectivity index (χ2v) is 7.90. The van der Waals surface area contributed by atoms with Crippen LogP contribution in [0.3, 0.4) is 0 Å². The lowest BCUT2D eigenvalue weighted by Gasteiger charge is -2.60. The molecule has 0 amide bonds. The van der Waals surface area contributed by atoms with E-state index in [1.165, 1.54) is 5.69 Å². The van der Waals surface area contributed by atoms with E-state index < -0.39 is 0 Å². The summed E-state index contributed by atoms with van der Waals surface area (Å²) in [5.41, 5.74) is 0.811. The summed E-state index contributed by atoms with van der Waals surface area (Å²) >= 11 is 0. The second-order valence-electron chi connectivity index (χ2n) is 7.90. The predicted molar refractivity (Wildman–Crippen MR) is 93.1 cm³/mol. The molecule has 1 aromatic carbocycles. The maximum Gasteiger partial charge on any atom is 0.147 e. The molecule has 0 bridgehead atoms. The van der Waals surface area contributed by atoms with Gasteiger partial charge in [-0.05, 0) is 24.3 Å². The largest absolute Gasteiger partial charge is 0.497 e. The van der Waals surface area contributed by atoms with E-state index in [-0.39, 0.29) is 10.8 Å². The van der Waals surface area contributed by atoms with Crippen molar-refractivity contribution in [1.82, 2.24) is 4.90 Å². The van der Waals surface area contributed by atoms with Crippen molar-refractivity contribution in [2.75, 3.05) is 38.2 Å². The van der Waals surface area contributed by atoms with Crippen molar-refractivity contribution in [2.24, 2.45) is 10.8 Å². The third-order valence-corrected chi connectivity index (χ3v) is 5.65. The number of ketones is 1. The second kappa shape index (κ2) is 5.52. The molecule has 4 nitrogen and oxygen atoms in total. The number of hydrogen-bond donors (Lipinski definition) is 0. The van der Waals surface area contributed by atoms with E-state index in [1.807, 2.05) is 12.1 Å². The molecule has 0 spiro atoms. The van der Waals surface area contributed by atoms with Crippen LogP contribution in [0.5, 0.6) is 5.75 Å². The Morgan fingerprint density at radius 1 is 0.957 bits per heavy atom. The van der Waals surface area contributed by atoms with Crippen LogP contribution in [0.2, 0.25) is 0 Å². The minimum atomic E-state index is -0.216. The number of Topliss-reactive ketones (excluding diaryl/α,β-unsaturated/α-hetero) is 1. The Morgan fingerprint density at radius 2 is 1.48 bits per heavy atom. The van der Waals surface area contributed by atoms with Gasteiger partial charge in [0.2, 0.25) is 0 Å². The molecule has 2 aliphatic rings. The molecule has 4 heteroatoms. The summed E-state index contributed by atoms with van der Waals surface area (Å²) in [6, 6.07) is 8.61. The normalized spacial score (nSPS) is 24.4. The topological polar surface area (TPSA) is 32.8 Å². The van der Waals surface area contributed by atoms with Gasteiger partial charge in [-0.15, -0.1) is 0 Å². The van der Waals surface area contributed by atoms with E-state index in [9.17, 15) is 4.79 Å². The van der Waals surface area contributed by atoms with Gasteiger partial charge in [-0.1, -0.05) is 27.7 Å². The van der Waals surface area contributed by atoms with Crippen LogP contribution in [-0.4, -0.2) is 50.0 Å². The number of methoxy groups -OCH3 is 1. The van der Waals surface area contributed by atoms with Gasteiger partial charge in [0.25, 0.3) is 0 Å². The molecule has 0 aromatic heterocycles. The minimum Gasteiger partial charge on any atom is -0.497 e. The number of rotatable bonds is 3. The predicted octanol–water partition coefficient (Wildman–Crippen LogP) is 2.82. The third-order valence-electron chi connectivity index (χ3n) is 5.65. The van der Waals surface area contributed by atoms with Crippen molar-refractivity contribution in [3.63, 3.8) is 0 Å². The van der Waals surface area contributed by atoms with Gasteiger partial charge in [0, 0.05) is 48.7 Å². The summed E-state index contributed by atoms with van der Waals surface area (Å²) in [4.78, 5) is 17.3. The fourth-order valence-electron chi connectivity index (χ4n) is 4.85. The molecule has 1 saturated heterocycles. The van der Waals surface area contributed by atoms with Crippen LogP contribution in [-0.2, 0) is 4.79 Å². The van der Waals surface area contributed by atoms with Crippen LogP contribution in [0.1, 0.15) is 27.7 Å². The van der Waals surface area contributed by atoms with Crippen molar-refractivity contribution in [3.05, 3.63) is 24.3 Å². The molecule has 3 rings (SSSR count). The summed E-state index contributed by atoms with van der Waals surface area (Å²) < 4.78 is 5.22. The highest BCUT2D eigenvalue weighted by atomic mass is 16.5. The Labute approximate surface area is 139 Å². The minimum absolute atomic E-state index is 0.216. The number of hydrogen-bond acceptors (Lipinski definition) is 4. The summed E-state index contributed by atoms with van der Waals surface area (Å²) in [5, 5.41) is 0. The Morgan fingerprint density at radius 3 is 1.96 bits per heavy atom. The number of benzene rings is 1. The molecule has 1 aromatic rings. The van der Waals surface area contributed by atoms with Gasteiger partial charge in [0.15, 0.2) is 0 Å². The number of piperazine rings is 1. The Bertz CT molecular complexity index is 566. The number of ether oxygens (including phenoxy) is 1.